The van der Waals surface area contributed by atoms with E-state index >= 15 is 0 Å². The van der Waals surface area contributed by atoms with Gasteiger partial charge in [0.05, 0.1) is 6.10 Å². The highest BCUT2D eigenvalue weighted by Crippen LogP contribution is 2.62. The van der Waals surface area contributed by atoms with E-state index in [1.54, 1.807) is 19.2 Å². The van der Waals surface area contributed by atoms with Crippen LogP contribution >= 0.6 is 0 Å². The number of nitrogens with one attached hydrogen (secondary N) is 2. The summed E-state index contributed by atoms with van der Waals surface area (Å²) < 4.78 is 48.7. The molecular weight excluding hydrogens is 383 g/mol. The van der Waals surface area contributed by atoms with Crippen molar-refractivity contribution in [3.8, 4) is 5.75 Å². The van der Waals surface area contributed by atoms with Gasteiger partial charge in [0.25, 0.3) is 0 Å². The Bertz CT molecular complexity index is 777. The maximum absolute atomic E-state index is 12.6. The third-order valence-corrected chi connectivity index (χ3v) is 6.61. The van der Waals surface area contributed by atoms with E-state index < -0.39 is 12.8 Å². The van der Waals surface area contributed by atoms with E-state index in [1.807, 2.05) is 13.0 Å². The molecule has 2 saturated carbocycles. The number of guanidine groups is 1. The van der Waals surface area contributed by atoms with Crippen LogP contribution in [0.1, 0.15) is 36.8 Å². The third-order valence-electron chi connectivity index (χ3n) is 6.61. The standard InChI is InChI=1S/C21H28F3N3O2/c1-13-4-5-14(16(10-13)29-12-21(22,23)24)11-26-19(25-2)27-17-15-6-9-28-18(15)20(17)7-3-8-20/h4-5,10,15,17-18H,3,6-9,11-12H2,1-2H3,(H2,25,26,27). The monoisotopic (exact) mass is 411 g/mol. The van der Waals surface area contributed by atoms with Crippen LogP contribution in [0.5, 0.6) is 5.75 Å². The molecule has 1 spiro atoms. The molecule has 1 aromatic carbocycles. The molecule has 0 radical (unpaired) electrons. The van der Waals surface area contributed by atoms with Gasteiger partial charge >= 0.3 is 6.18 Å². The molecule has 4 rings (SSSR count). The van der Waals surface area contributed by atoms with Crippen molar-refractivity contribution >= 4 is 5.96 Å². The smallest absolute Gasteiger partial charge is 0.422 e. The highest BCUT2D eigenvalue weighted by Gasteiger charge is 2.66. The van der Waals surface area contributed by atoms with Crippen LogP contribution < -0.4 is 15.4 Å². The summed E-state index contributed by atoms with van der Waals surface area (Å²) in [5.74, 6) is 1.42. The first-order valence-electron chi connectivity index (χ1n) is 10.2. The van der Waals surface area contributed by atoms with Gasteiger partial charge in [-0.3, -0.25) is 4.99 Å². The Hall–Kier alpha value is -1.96. The van der Waals surface area contributed by atoms with Crippen molar-refractivity contribution in [2.24, 2.45) is 16.3 Å². The van der Waals surface area contributed by atoms with E-state index in [4.69, 9.17) is 9.47 Å². The van der Waals surface area contributed by atoms with Gasteiger partial charge in [-0.2, -0.15) is 13.2 Å². The highest BCUT2D eigenvalue weighted by atomic mass is 19.4. The first-order valence-corrected chi connectivity index (χ1v) is 10.2. The lowest BCUT2D eigenvalue weighted by atomic mass is 9.46. The third kappa shape index (κ3) is 3.91. The van der Waals surface area contributed by atoms with Crippen LogP contribution in [0.3, 0.4) is 0 Å². The number of hydrogen-bond acceptors (Lipinski definition) is 3. The second-order valence-electron chi connectivity index (χ2n) is 8.39. The average molecular weight is 411 g/mol. The van der Waals surface area contributed by atoms with Crippen molar-refractivity contribution < 1.29 is 22.6 Å². The Morgan fingerprint density at radius 2 is 2.14 bits per heavy atom. The number of benzene rings is 1. The number of hydrogen-bond donors (Lipinski definition) is 2. The molecule has 3 unspecified atom stereocenters. The summed E-state index contributed by atoms with van der Waals surface area (Å²) in [7, 11) is 1.71. The molecule has 3 aliphatic rings. The average Bonchev–Trinajstić information content (AvgIpc) is 3.04. The Morgan fingerprint density at radius 1 is 1.34 bits per heavy atom. The molecule has 160 valence electrons. The van der Waals surface area contributed by atoms with Crippen LogP contribution in [0.4, 0.5) is 13.2 Å². The minimum absolute atomic E-state index is 0.226. The van der Waals surface area contributed by atoms with Crippen molar-refractivity contribution in [2.75, 3.05) is 20.3 Å². The SMILES string of the molecule is CN=C(NCc1ccc(C)cc1OCC(F)(F)F)NC1C2CCOC2C12CCC2. The van der Waals surface area contributed by atoms with Crippen molar-refractivity contribution in [3.05, 3.63) is 29.3 Å². The fourth-order valence-corrected chi connectivity index (χ4v) is 5.08. The molecule has 0 aromatic heterocycles. The second-order valence-corrected chi connectivity index (χ2v) is 8.39. The number of nitrogens with zero attached hydrogens (tertiary/aromatic N) is 1. The predicted octanol–water partition coefficient (Wildman–Crippen LogP) is 3.56. The molecule has 1 heterocycles. The predicted molar refractivity (Wildman–Crippen MR) is 104 cm³/mol. The summed E-state index contributed by atoms with van der Waals surface area (Å²) in [6, 6.07) is 5.63. The molecule has 1 aromatic rings. The largest absolute Gasteiger partial charge is 0.484 e. The van der Waals surface area contributed by atoms with Gasteiger partial charge in [-0.15, -0.1) is 0 Å². The highest BCUT2D eigenvalue weighted by molar-refractivity contribution is 5.80. The first-order chi connectivity index (χ1) is 13.8. The Balaban J connectivity index is 1.39. The van der Waals surface area contributed by atoms with Gasteiger partial charge < -0.3 is 20.1 Å². The minimum Gasteiger partial charge on any atom is -0.484 e. The van der Waals surface area contributed by atoms with E-state index in [-0.39, 0.29) is 11.2 Å². The molecule has 1 saturated heterocycles. The molecule has 0 bridgehead atoms. The fraction of sp³-hybridized carbons (Fsp3) is 0.667. The summed E-state index contributed by atoms with van der Waals surface area (Å²) in [4.78, 5) is 4.33. The van der Waals surface area contributed by atoms with Gasteiger partial charge in [0.1, 0.15) is 5.75 Å². The zero-order valence-electron chi connectivity index (χ0n) is 16.8. The van der Waals surface area contributed by atoms with Crippen LogP contribution in [0.25, 0.3) is 0 Å². The zero-order valence-corrected chi connectivity index (χ0v) is 16.8. The topological polar surface area (TPSA) is 54.9 Å². The van der Waals surface area contributed by atoms with Gasteiger partial charge in [-0.1, -0.05) is 18.6 Å². The maximum Gasteiger partial charge on any atom is 0.422 e. The second kappa shape index (κ2) is 7.70. The summed E-state index contributed by atoms with van der Waals surface area (Å²) in [6.07, 6.45) is 0.653. The molecule has 0 amide bonds. The fourth-order valence-electron chi connectivity index (χ4n) is 5.08. The molecule has 29 heavy (non-hydrogen) atoms. The number of ether oxygens (including phenoxy) is 2. The summed E-state index contributed by atoms with van der Waals surface area (Å²) in [6.45, 7) is 1.68. The molecule has 2 aliphatic carbocycles. The van der Waals surface area contributed by atoms with Crippen molar-refractivity contribution in [1.82, 2.24) is 10.6 Å². The van der Waals surface area contributed by atoms with Crippen molar-refractivity contribution in [1.29, 1.82) is 0 Å². The Morgan fingerprint density at radius 3 is 2.79 bits per heavy atom. The lowest BCUT2D eigenvalue weighted by Crippen LogP contribution is -2.72. The van der Waals surface area contributed by atoms with Gasteiger partial charge in [-0.25, -0.2) is 0 Å². The molecule has 3 fully saturated rings. The van der Waals surface area contributed by atoms with E-state index in [0.29, 0.717) is 36.1 Å². The number of rotatable bonds is 5. The molecule has 2 N–H and O–H groups in total. The molecule has 8 heteroatoms. The lowest BCUT2D eigenvalue weighted by Gasteiger charge is -2.63. The van der Waals surface area contributed by atoms with Crippen LogP contribution in [0.2, 0.25) is 0 Å². The molecule has 1 aliphatic heterocycles. The Labute approximate surface area is 169 Å². The minimum atomic E-state index is -4.37. The number of aryl methyl sites for hydroxylation is 1. The molecule has 5 nitrogen and oxygen atoms in total. The van der Waals surface area contributed by atoms with E-state index in [0.717, 1.165) is 18.6 Å². The molecular formula is C21H28F3N3O2. The zero-order chi connectivity index (χ0) is 20.6. The van der Waals surface area contributed by atoms with Gasteiger partial charge in [-0.05, 0) is 37.8 Å². The number of fused-ring (bicyclic) bond motifs is 2. The first kappa shape index (κ1) is 20.3. The van der Waals surface area contributed by atoms with Crippen LogP contribution in [0, 0.1) is 18.3 Å². The lowest BCUT2D eigenvalue weighted by molar-refractivity contribution is -0.171. The maximum atomic E-state index is 12.6. The van der Waals surface area contributed by atoms with Crippen molar-refractivity contribution in [3.63, 3.8) is 0 Å². The van der Waals surface area contributed by atoms with Gasteiger partial charge in [0.15, 0.2) is 12.6 Å². The van der Waals surface area contributed by atoms with Crippen LogP contribution in [-0.4, -0.2) is 44.5 Å². The van der Waals surface area contributed by atoms with Gasteiger partial charge in [0.2, 0.25) is 0 Å². The number of halogens is 3. The summed E-state index contributed by atoms with van der Waals surface area (Å²) in [5, 5.41) is 6.81. The number of aliphatic imine (C=N–C) groups is 1. The summed E-state index contributed by atoms with van der Waals surface area (Å²) >= 11 is 0. The van der Waals surface area contributed by atoms with E-state index in [1.165, 1.54) is 19.3 Å². The Kier molecular flexibility index (Phi) is 5.40. The number of alkyl halides is 3. The summed E-state index contributed by atoms with van der Waals surface area (Å²) in [5.41, 5.74) is 1.74. The quantitative estimate of drug-likeness (QED) is 0.575. The van der Waals surface area contributed by atoms with Crippen LogP contribution in [-0.2, 0) is 11.3 Å². The van der Waals surface area contributed by atoms with Gasteiger partial charge in [0, 0.05) is 43.1 Å². The van der Waals surface area contributed by atoms with E-state index in [2.05, 4.69) is 15.6 Å². The normalized spacial score (nSPS) is 27.8. The van der Waals surface area contributed by atoms with E-state index in [9.17, 15) is 13.2 Å². The molecule has 3 atom stereocenters. The van der Waals surface area contributed by atoms with Crippen LogP contribution in [0.15, 0.2) is 23.2 Å². The van der Waals surface area contributed by atoms with Crippen molar-refractivity contribution in [2.45, 2.75) is 57.5 Å².